The molecule has 1 aromatic carbocycles. The maximum Gasteiger partial charge on any atom is 0.296 e. The summed E-state index contributed by atoms with van der Waals surface area (Å²) < 4.78 is 0. The molecular formula is C12H9NO3. The number of carbonyl (C=O) groups excluding carboxylic acids is 3. The molecule has 1 N–H and O–H groups in total. The summed E-state index contributed by atoms with van der Waals surface area (Å²) in [5.74, 6) is -1.12. The minimum absolute atomic E-state index is 0.311. The highest BCUT2D eigenvalue weighted by Crippen LogP contribution is 2.27. The lowest BCUT2D eigenvalue weighted by molar-refractivity contribution is -0.112. The Morgan fingerprint density at radius 1 is 1.25 bits per heavy atom. The predicted molar refractivity (Wildman–Crippen MR) is 59.1 cm³/mol. The number of allylic oxidation sites excluding steroid dienone is 1. The number of amides is 1. The van der Waals surface area contributed by atoms with Crippen LogP contribution in [0, 0.1) is 0 Å². The average molecular weight is 215 g/mol. The van der Waals surface area contributed by atoms with Crippen LogP contribution in [-0.4, -0.2) is 18.0 Å². The average Bonchev–Trinajstić information content (AvgIpc) is 2.57. The number of rotatable bonds is 3. The standard InChI is InChI=1S/C12H9NO3/c14-7-2-1-4-8-5-3-6-9-10(8)13-12(16)11(9)15/h1,3-7H,2H2,(H,13,15,16). The van der Waals surface area contributed by atoms with E-state index in [1.165, 1.54) is 0 Å². The molecule has 0 aromatic heterocycles. The van der Waals surface area contributed by atoms with Crippen molar-refractivity contribution >= 4 is 29.7 Å². The van der Waals surface area contributed by atoms with Crippen molar-refractivity contribution in [2.45, 2.75) is 6.42 Å². The fourth-order valence-corrected chi connectivity index (χ4v) is 1.58. The van der Waals surface area contributed by atoms with Crippen molar-refractivity contribution in [2.75, 3.05) is 5.32 Å². The Bertz CT molecular complexity index is 503. The molecule has 0 unspecified atom stereocenters. The van der Waals surface area contributed by atoms with Gasteiger partial charge in [0.1, 0.15) is 6.29 Å². The van der Waals surface area contributed by atoms with E-state index in [0.29, 0.717) is 17.7 Å². The highest BCUT2D eigenvalue weighted by molar-refractivity contribution is 6.52. The number of aldehydes is 1. The molecule has 80 valence electrons. The van der Waals surface area contributed by atoms with Gasteiger partial charge in [-0.25, -0.2) is 0 Å². The maximum absolute atomic E-state index is 11.4. The van der Waals surface area contributed by atoms with Gasteiger partial charge in [-0.15, -0.1) is 0 Å². The Hall–Kier alpha value is -2.23. The second-order valence-corrected chi connectivity index (χ2v) is 3.36. The van der Waals surface area contributed by atoms with E-state index in [1.807, 2.05) is 0 Å². The normalized spacial score (nSPS) is 14.0. The summed E-state index contributed by atoms with van der Waals surface area (Å²) in [6, 6.07) is 5.09. The van der Waals surface area contributed by atoms with Gasteiger partial charge < -0.3 is 10.1 Å². The number of hydrogen-bond donors (Lipinski definition) is 1. The van der Waals surface area contributed by atoms with Crippen molar-refractivity contribution in [3.05, 3.63) is 35.4 Å². The number of carbonyl (C=O) groups is 3. The Labute approximate surface area is 92.0 Å². The number of fused-ring (bicyclic) bond motifs is 1. The van der Waals surface area contributed by atoms with Crippen LogP contribution in [-0.2, 0) is 9.59 Å². The molecule has 1 aromatic rings. The van der Waals surface area contributed by atoms with E-state index < -0.39 is 11.7 Å². The van der Waals surface area contributed by atoms with Gasteiger partial charge in [-0.2, -0.15) is 0 Å². The first-order valence-corrected chi connectivity index (χ1v) is 4.83. The predicted octanol–water partition coefficient (Wildman–Crippen LogP) is 1.42. The van der Waals surface area contributed by atoms with Crippen LogP contribution < -0.4 is 5.32 Å². The molecule has 2 rings (SSSR count). The van der Waals surface area contributed by atoms with Crippen LogP contribution in [0.1, 0.15) is 22.3 Å². The number of nitrogens with one attached hydrogen (secondary N) is 1. The summed E-state index contributed by atoms with van der Waals surface area (Å²) >= 11 is 0. The zero-order valence-electron chi connectivity index (χ0n) is 8.40. The van der Waals surface area contributed by atoms with Crippen LogP contribution in [0.3, 0.4) is 0 Å². The van der Waals surface area contributed by atoms with Gasteiger partial charge in [0.15, 0.2) is 0 Å². The molecule has 16 heavy (non-hydrogen) atoms. The Morgan fingerprint density at radius 2 is 2.06 bits per heavy atom. The molecule has 0 fully saturated rings. The smallest absolute Gasteiger partial charge is 0.296 e. The Kier molecular flexibility index (Phi) is 2.64. The largest absolute Gasteiger partial charge is 0.318 e. The lowest BCUT2D eigenvalue weighted by atomic mass is 10.1. The topological polar surface area (TPSA) is 63.2 Å². The van der Waals surface area contributed by atoms with E-state index in [1.54, 1.807) is 30.4 Å². The molecule has 1 amide bonds. The number of Topliss-reactive ketones (excluding diaryl/α,β-unsaturated/α-hetero) is 1. The van der Waals surface area contributed by atoms with Crippen LogP contribution in [0.15, 0.2) is 24.3 Å². The van der Waals surface area contributed by atoms with Crippen molar-refractivity contribution in [3.8, 4) is 0 Å². The van der Waals surface area contributed by atoms with Gasteiger partial charge in [0.2, 0.25) is 0 Å². The van der Waals surface area contributed by atoms with Gasteiger partial charge in [0, 0.05) is 6.42 Å². The third-order valence-electron chi connectivity index (χ3n) is 2.32. The first-order chi connectivity index (χ1) is 7.74. The summed E-state index contributed by atoms with van der Waals surface area (Å²) in [7, 11) is 0. The van der Waals surface area contributed by atoms with Crippen LogP contribution in [0.2, 0.25) is 0 Å². The molecule has 0 bridgehead atoms. The molecule has 0 saturated carbocycles. The zero-order chi connectivity index (χ0) is 11.5. The van der Waals surface area contributed by atoms with Gasteiger partial charge in [-0.3, -0.25) is 9.59 Å². The molecule has 4 heteroatoms. The molecule has 0 radical (unpaired) electrons. The maximum atomic E-state index is 11.4. The Morgan fingerprint density at radius 3 is 2.81 bits per heavy atom. The molecule has 4 nitrogen and oxygen atoms in total. The number of ketones is 1. The summed E-state index contributed by atoms with van der Waals surface area (Å²) in [6.45, 7) is 0. The van der Waals surface area contributed by atoms with Crippen LogP contribution in [0.4, 0.5) is 5.69 Å². The van der Waals surface area contributed by atoms with Crippen molar-refractivity contribution in [1.82, 2.24) is 0 Å². The first-order valence-electron chi connectivity index (χ1n) is 4.83. The summed E-state index contributed by atoms with van der Waals surface area (Å²) in [5.41, 5.74) is 1.65. The molecule has 0 aliphatic carbocycles. The summed E-state index contributed by atoms with van der Waals surface area (Å²) in [5, 5.41) is 2.51. The molecular weight excluding hydrogens is 206 g/mol. The van der Waals surface area contributed by atoms with Crippen LogP contribution >= 0.6 is 0 Å². The minimum atomic E-state index is -0.605. The van der Waals surface area contributed by atoms with E-state index in [2.05, 4.69) is 5.32 Å². The molecule has 0 atom stereocenters. The van der Waals surface area contributed by atoms with E-state index >= 15 is 0 Å². The van der Waals surface area contributed by atoms with Gasteiger partial charge in [0.05, 0.1) is 11.3 Å². The van der Waals surface area contributed by atoms with Gasteiger partial charge >= 0.3 is 0 Å². The lowest BCUT2D eigenvalue weighted by Crippen LogP contribution is -2.12. The third-order valence-corrected chi connectivity index (χ3v) is 2.32. The zero-order valence-corrected chi connectivity index (χ0v) is 8.40. The van der Waals surface area contributed by atoms with Crippen LogP contribution in [0.5, 0.6) is 0 Å². The van der Waals surface area contributed by atoms with Gasteiger partial charge in [0.25, 0.3) is 11.7 Å². The van der Waals surface area contributed by atoms with E-state index in [9.17, 15) is 14.4 Å². The van der Waals surface area contributed by atoms with Crippen LogP contribution in [0.25, 0.3) is 6.08 Å². The van der Waals surface area contributed by atoms with E-state index in [-0.39, 0.29) is 0 Å². The molecule has 0 spiro atoms. The monoisotopic (exact) mass is 215 g/mol. The number of para-hydroxylation sites is 1. The molecule has 1 aliphatic rings. The molecule has 1 aliphatic heterocycles. The number of benzene rings is 1. The summed E-state index contributed by atoms with van der Waals surface area (Å²) in [4.78, 5) is 32.7. The Balaban J connectivity index is 2.40. The highest BCUT2D eigenvalue weighted by Gasteiger charge is 2.28. The molecule has 0 saturated heterocycles. The second kappa shape index (κ2) is 4.10. The second-order valence-electron chi connectivity index (χ2n) is 3.36. The first kappa shape index (κ1) is 10.3. The molecule has 1 heterocycles. The fraction of sp³-hybridized carbons (Fsp3) is 0.0833. The highest BCUT2D eigenvalue weighted by atomic mass is 16.2. The van der Waals surface area contributed by atoms with Crippen molar-refractivity contribution < 1.29 is 14.4 Å². The van der Waals surface area contributed by atoms with Crippen molar-refractivity contribution in [1.29, 1.82) is 0 Å². The number of anilines is 1. The third kappa shape index (κ3) is 1.65. The SMILES string of the molecule is O=CCC=Cc1cccc2c1NC(=O)C2=O. The van der Waals surface area contributed by atoms with E-state index in [4.69, 9.17) is 0 Å². The number of hydrogen-bond acceptors (Lipinski definition) is 3. The van der Waals surface area contributed by atoms with Crippen molar-refractivity contribution in [3.63, 3.8) is 0 Å². The van der Waals surface area contributed by atoms with Crippen molar-refractivity contribution in [2.24, 2.45) is 0 Å². The summed E-state index contributed by atoms with van der Waals surface area (Å²) in [6.07, 6.45) is 4.48. The lowest BCUT2D eigenvalue weighted by Gasteiger charge is -2.01. The van der Waals surface area contributed by atoms with Gasteiger partial charge in [-0.05, 0) is 11.6 Å². The quantitative estimate of drug-likeness (QED) is 0.612. The van der Waals surface area contributed by atoms with E-state index in [0.717, 1.165) is 11.8 Å². The fourth-order valence-electron chi connectivity index (χ4n) is 1.58. The minimum Gasteiger partial charge on any atom is -0.318 e. The van der Waals surface area contributed by atoms with Gasteiger partial charge in [-0.1, -0.05) is 24.3 Å².